The Labute approximate surface area is 136 Å². The fourth-order valence-electron chi connectivity index (χ4n) is 2.87. The van der Waals surface area contributed by atoms with Gasteiger partial charge in [-0.1, -0.05) is 0 Å². The van der Waals surface area contributed by atoms with Crippen LogP contribution in [0, 0.1) is 0 Å². The summed E-state index contributed by atoms with van der Waals surface area (Å²) >= 11 is 0. The number of likely N-dealkylation sites (N-methyl/N-ethyl adjacent to an activating group) is 1. The first-order valence-corrected chi connectivity index (χ1v) is 8.08. The molecule has 23 heavy (non-hydrogen) atoms. The fourth-order valence-corrected chi connectivity index (χ4v) is 2.87. The van der Waals surface area contributed by atoms with Crippen LogP contribution in [-0.2, 0) is 9.47 Å². The number of rotatable bonds is 6. The van der Waals surface area contributed by atoms with Crippen molar-refractivity contribution in [2.45, 2.75) is 25.0 Å². The minimum atomic E-state index is -0.359. The minimum absolute atomic E-state index is 0.163. The third-order valence-electron chi connectivity index (χ3n) is 4.31. The number of ether oxygens (including phenoxy) is 3. The molecular weight excluding hydrogens is 296 g/mol. The minimum Gasteiger partial charge on any atom is -0.489 e. The second kappa shape index (κ2) is 7.19. The van der Waals surface area contributed by atoms with E-state index in [1.54, 1.807) is 12.1 Å². The van der Waals surface area contributed by atoms with E-state index < -0.39 is 0 Å². The molecule has 2 saturated heterocycles. The van der Waals surface area contributed by atoms with E-state index in [9.17, 15) is 4.79 Å². The van der Waals surface area contributed by atoms with Crippen molar-refractivity contribution in [3.8, 4) is 5.75 Å². The lowest BCUT2D eigenvalue weighted by molar-refractivity contribution is -0.0410. The molecule has 1 N–H and O–H groups in total. The van der Waals surface area contributed by atoms with Crippen molar-refractivity contribution in [1.29, 1.82) is 0 Å². The summed E-state index contributed by atoms with van der Waals surface area (Å²) in [6.45, 7) is 3.50. The van der Waals surface area contributed by atoms with E-state index in [0.717, 1.165) is 44.8 Å². The van der Waals surface area contributed by atoms with Gasteiger partial charge in [0.2, 0.25) is 0 Å². The number of anilines is 1. The summed E-state index contributed by atoms with van der Waals surface area (Å²) in [6, 6.07) is 5.47. The molecule has 126 valence electrons. The number of esters is 1. The van der Waals surface area contributed by atoms with Gasteiger partial charge in [-0.2, -0.15) is 0 Å². The number of carbonyl (C=O) groups is 1. The standard InChI is InChI=1S/C17H24N2O4/c1-19-5-3-15(11-19)23-16-8-12(17(20)21-2)7-13(9-16)18-10-14-4-6-22-14/h7-9,14-15,18H,3-6,10-11H2,1-2H3/t14-,15?/m0/s1. The molecule has 0 aromatic heterocycles. The summed E-state index contributed by atoms with van der Waals surface area (Å²) in [5, 5.41) is 3.32. The van der Waals surface area contributed by atoms with E-state index in [2.05, 4.69) is 17.3 Å². The topological polar surface area (TPSA) is 60.0 Å². The van der Waals surface area contributed by atoms with Crippen molar-refractivity contribution in [3.63, 3.8) is 0 Å². The van der Waals surface area contributed by atoms with Crippen LogP contribution in [0.3, 0.4) is 0 Å². The highest BCUT2D eigenvalue weighted by molar-refractivity contribution is 5.91. The van der Waals surface area contributed by atoms with E-state index in [-0.39, 0.29) is 18.2 Å². The molecule has 2 aliphatic rings. The molecule has 6 heteroatoms. The Hall–Kier alpha value is -1.79. The Morgan fingerprint density at radius 2 is 2.22 bits per heavy atom. The van der Waals surface area contributed by atoms with Gasteiger partial charge in [0.05, 0.1) is 18.8 Å². The number of hydrogen-bond acceptors (Lipinski definition) is 6. The number of hydrogen-bond donors (Lipinski definition) is 1. The monoisotopic (exact) mass is 320 g/mol. The summed E-state index contributed by atoms with van der Waals surface area (Å²) in [5.74, 6) is 0.340. The number of carbonyl (C=O) groups excluding carboxylic acids is 1. The predicted molar refractivity (Wildman–Crippen MR) is 87.2 cm³/mol. The Morgan fingerprint density at radius 3 is 2.83 bits per heavy atom. The maximum atomic E-state index is 11.9. The quantitative estimate of drug-likeness (QED) is 0.806. The van der Waals surface area contributed by atoms with E-state index in [1.165, 1.54) is 7.11 Å². The highest BCUT2D eigenvalue weighted by Gasteiger charge is 2.22. The third-order valence-corrected chi connectivity index (χ3v) is 4.31. The highest BCUT2D eigenvalue weighted by atomic mass is 16.5. The number of benzene rings is 1. The SMILES string of the molecule is COC(=O)c1cc(NC[C@@H]2CCO2)cc(OC2CCN(C)C2)c1. The summed E-state index contributed by atoms with van der Waals surface area (Å²) in [6.07, 6.45) is 2.49. The van der Waals surface area contributed by atoms with Crippen molar-refractivity contribution in [2.75, 3.05) is 45.7 Å². The molecule has 3 rings (SSSR count). The summed E-state index contributed by atoms with van der Waals surface area (Å²) in [4.78, 5) is 14.1. The van der Waals surface area contributed by atoms with Gasteiger partial charge in [0.15, 0.2) is 0 Å². The number of nitrogens with zero attached hydrogens (tertiary/aromatic N) is 1. The molecule has 2 aliphatic heterocycles. The highest BCUT2D eigenvalue weighted by Crippen LogP contribution is 2.25. The number of likely N-dealkylation sites (tertiary alicyclic amines) is 1. The zero-order valence-corrected chi connectivity index (χ0v) is 13.7. The van der Waals surface area contributed by atoms with Crippen molar-refractivity contribution in [2.24, 2.45) is 0 Å². The average molecular weight is 320 g/mol. The van der Waals surface area contributed by atoms with Crippen molar-refractivity contribution < 1.29 is 19.0 Å². The molecule has 1 unspecified atom stereocenters. The van der Waals surface area contributed by atoms with E-state index in [1.807, 2.05) is 6.07 Å². The lowest BCUT2D eigenvalue weighted by atomic mass is 10.1. The molecule has 0 amide bonds. The molecule has 0 saturated carbocycles. The number of methoxy groups -OCH3 is 1. The Balaban J connectivity index is 1.71. The van der Waals surface area contributed by atoms with E-state index in [0.29, 0.717) is 11.3 Å². The van der Waals surface area contributed by atoms with Crippen molar-refractivity contribution in [1.82, 2.24) is 4.90 Å². The predicted octanol–water partition coefficient (Wildman–Crippen LogP) is 1.76. The molecule has 6 nitrogen and oxygen atoms in total. The second-order valence-electron chi connectivity index (χ2n) is 6.19. The van der Waals surface area contributed by atoms with Crippen LogP contribution in [-0.4, -0.2) is 63.5 Å². The first-order valence-electron chi connectivity index (χ1n) is 8.08. The first-order chi connectivity index (χ1) is 11.1. The van der Waals surface area contributed by atoms with Crippen LogP contribution in [0.4, 0.5) is 5.69 Å². The van der Waals surface area contributed by atoms with Gasteiger partial charge in [0.1, 0.15) is 11.9 Å². The molecule has 2 fully saturated rings. The summed E-state index contributed by atoms with van der Waals surface area (Å²) in [5.41, 5.74) is 1.35. The molecule has 1 aromatic rings. The van der Waals surface area contributed by atoms with Crippen LogP contribution in [0.5, 0.6) is 5.75 Å². The van der Waals surface area contributed by atoms with Crippen molar-refractivity contribution >= 4 is 11.7 Å². The van der Waals surface area contributed by atoms with Crippen LogP contribution >= 0.6 is 0 Å². The number of nitrogens with one attached hydrogen (secondary N) is 1. The van der Waals surface area contributed by atoms with Gasteiger partial charge in [0.25, 0.3) is 0 Å². The van der Waals surface area contributed by atoms with Crippen LogP contribution in [0.2, 0.25) is 0 Å². The zero-order chi connectivity index (χ0) is 16.2. The lowest BCUT2D eigenvalue weighted by Crippen LogP contribution is -2.33. The van der Waals surface area contributed by atoms with Crippen LogP contribution in [0.15, 0.2) is 18.2 Å². The van der Waals surface area contributed by atoms with E-state index >= 15 is 0 Å². The zero-order valence-electron chi connectivity index (χ0n) is 13.7. The molecule has 2 heterocycles. The third kappa shape index (κ3) is 4.14. The van der Waals surface area contributed by atoms with Gasteiger partial charge in [-0.05, 0) is 32.0 Å². The fraction of sp³-hybridized carbons (Fsp3) is 0.588. The smallest absolute Gasteiger partial charge is 0.338 e. The molecule has 2 atom stereocenters. The molecule has 0 bridgehead atoms. The molecule has 0 radical (unpaired) electrons. The van der Waals surface area contributed by atoms with Crippen molar-refractivity contribution in [3.05, 3.63) is 23.8 Å². The van der Waals surface area contributed by atoms with Crippen LogP contribution in [0.25, 0.3) is 0 Å². The Bertz CT molecular complexity index is 560. The molecular formula is C17H24N2O4. The van der Waals surface area contributed by atoms with Gasteiger partial charge in [0, 0.05) is 38.0 Å². The largest absolute Gasteiger partial charge is 0.489 e. The molecule has 1 aromatic carbocycles. The van der Waals surface area contributed by atoms with Gasteiger partial charge < -0.3 is 24.4 Å². The summed E-state index contributed by atoms with van der Waals surface area (Å²) in [7, 11) is 3.47. The maximum absolute atomic E-state index is 11.9. The molecule has 0 aliphatic carbocycles. The summed E-state index contributed by atoms with van der Waals surface area (Å²) < 4.78 is 16.3. The Morgan fingerprint density at radius 1 is 1.39 bits per heavy atom. The van der Waals surface area contributed by atoms with Crippen LogP contribution in [0.1, 0.15) is 23.2 Å². The normalized spacial score (nSPS) is 24.1. The lowest BCUT2D eigenvalue weighted by Gasteiger charge is -2.27. The van der Waals surface area contributed by atoms with Gasteiger partial charge in [-0.3, -0.25) is 0 Å². The molecule has 0 spiro atoms. The van der Waals surface area contributed by atoms with Gasteiger partial charge in [-0.25, -0.2) is 4.79 Å². The Kier molecular flexibility index (Phi) is 5.03. The van der Waals surface area contributed by atoms with Crippen LogP contribution < -0.4 is 10.1 Å². The first kappa shape index (κ1) is 16.1. The average Bonchev–Trinajstić information content (AvgIpc) is 2.89. The second-order valence-corrected chi connectivity index (χ2v) is 6.19. The van der Waals surface area contributed by atoms with E-state index in [4.69, 9.17) is 14.2 Å². The maximum Gasteiger partial charge on any atom is 0.338 e. The van der Waals surface area contributed by atoms with Gasteiger partial charge in [-0.15, -0.1) is 0 Å². The van der Waals surface area contributed by atoms with Gasteiger partial charge >= 0.3 is 5.97 Å².